The Labute approximate surface area is 131 Å². The van der Waals surface area contributed by atoms with Gasteiger partial charge in [0.1, 0.15) is 12.1 Å². The van der Waals surface area contributed by atoms with E-state index in [0.29, 0.717) is 12.8 Å². The minimum Gasteiger partial charge on any atom is -0.480 e. The second-order valence-electron chi connectivity index (χ2n) is 4.56. The van der Waals surface area contributed by atoms with Gasteiger partial charge in [-0.15, -0.1) is 12.4 Å². The average molecular weight is 316 g/mol. The number of aliphatic carboxylic acids is 1. The van der Waals surface area contributed by atoms with E-state index in [9.17, 15) is 9.59 Å². The molecule has 2 N–H and O–H groups in total. The first-order valence-electron chi connectivity index (χ1n) is 6.74. The average Bonchev–Trinajstić information content (AvgIpc) is 2.44. The van der Waals surface area contributed by atoms with Gasteiger partial charge in [-0.25, -0.2) is 0 Å². The van der Waals surface area contributed by atoms with Gasteiger partial charge in [-0.05, 0) is 32.3 Å². The van der Waals surface area contributed by atoms with Crippen LogP contribution in [0.3, 0.4) is 0 Å². The maximum absolute atomic E-state index is 11.8. The highest BCUT2D eigenvalue weighted by Gasteiger charge is 2.24. The van der Waals surface area contributed by atoms with Crippen LogP contribution in [0.5, 0.6) is 0 Å². The van der Waals surface area contributed by atoms with Crippen molar-refractivity contribution < 1.29 is 19.4 Å². The van der Waals surface area contributed by atoms with Gasteiger partial charge in [0.15, 0.2) is 0 Å². The van der Waals surface area contributed by atoms with Crippen molar-refractivity contribution in [2.45, 2.75) is 38.8 Å². The lowest BCUT2D eigenvalue weighted by atomic mass is 10.0. The molecule has 0 bridgehead atoms. The topological polar surface area (TPSA) is 75.6 Å². The molecule has 0 heterocycles. The first-order valence-corrected chi connectivity index (χ1v) is 6.74. The van der Waals surface area contributed by atoms with Crippen LogP contribution < -0.4 is 5.32 Å². The number of hydrogen-bond donors (Lipinski definition) is 2. The Bertz CT molecular complexity index is 439. The van der Waals surface area contributed by atoms with Gasteiger partial charge in [-0.1, -0.05) is 30.3 Å². The number of ether oxygens (including phenoxy) is 1. The lowest BCUT2D eigenvalue weighted by molar-refractivity contribution is -0.147. The number of carboxylic acids is 1. The van der Waals surface area contributed by atoms with Crippen LogP contribution in [0.25, 0.3) is 0 Å². The number of halogens is 1. The minimum absolute atomic E-state index is 0. The normalized spacial score (nSPS) is 12.9. The fraction of sp³-hybridized carbons (Fsp3) is 0.467. The Morgan fingerprint density at radius 2 is 1.90 bits per heavy atom. The predicted molar refractivity (Wildman–Crippen MR) is 82.7 cm³/mol. The van der Waals surface area contributed by atoms with Crippen molar-refractivity contribution in [1.29, 1.82) is 0 Å². The van der Waals surface area contributed by atoms with Crippen LogP contribution in [0.4, 0.5) is 0 Å². The van der Waals surface area contributed by atoms with Crippen molar-refractivity contribution >= 4 is 24.3 Å². The Morgan fingerprint density at radius 3 is 2.43 bits per heavy atom. The number of aryl methyl sites for hydroxylation is 1. The van der Waals surface area contributed by atoms with Gasteiger partial charge >= 0.3 is 11.9 Å². The molecule has 0 fully saturated rings. The molecular weight excluding hydrogens is 294 g/mol. The molecule has 0 aliphatic rings. The summed E-state index contributed by atoms with van der Waals surface area (Å²) in [6.07, 6.45) is 1.18. The number of carboxylic acid groups (broad SMARTS) is 1. The summed E-state index contributed by atoms with van der Waals surface area (Å²) in [6, 6.07) is 8.34. The molecule has 1 aromatic rings. The fourth-order valence-corrected chi connectivity index (χ4v) is 1.84. The van der Waals surface area contributed by atoms with Crippen molar-refractivity contribution in [1.82, 2.24) is 5.32 Å². The highest BCUT2D eigenvalue weighted by atomic mass is 35.5. The van der Waals surface area contributed by atoms with Gasteiger partial charge in [0, 0.05) is 0 Å². The number of hydrogen-bond acceptors (Lipinski definition) is 4. The van der Waals surface area contributed by atoms with E-state index in [-0.39, 0.29) is 19.0 Å². The maximum atomic E-state index is 11.8. The zero-order valence-corrected chi connectivity index (χ0v) is 13.1. The molecule has 1 aromatic carbocycles. The Kier molecular flexibility index (Phi) is 9.41. The SMILES string of the molecule is CCOC(=O)[C@@H](CCc1ccccc1)N[C@@H](C)C(=O)O.Cl. The molecule has 118 valence electrons. The van der Waals surface area contributed by atoms with E-state index in [0.717, 1.165) is 5.56 Å². The zero-order chi connectivity index (χ0) is 15.0. The molecule has 0 saturated heterocycles. The smallest absolute Gasteiger partial charge is 0.323 e. The summed E-state index contributed by atoms with van der Waals surface area (Å²) in [5, 5.41) is 11.7. The van der Waals surface area contributed by atoms with Crippen LogP contribution in [0, 0.1) is 0 Å². The standard InChI is InChI=1S/C15H21NO4.ClH/c1-3-20-15(19)13(16-11(2)14(17)18)10-9-12-7-5-4-6-8-12;/h4-8,11,13,16H,3,9-10H2,1-2H3,(H,17,18);1H/t11-,13+;/m0./s1. The Hall–Kier alpha value is -1.59. The molecule has 0 unspecified atom stereocenters. The van der Waals surface area contributed by atoms with E-state index in [4.69, 9.17) is 9.84 Å². The monoisotopic (exact) mass is 315 g/mol. The highest BCUT2D eigenvalue weighted by Crippen LogP contribution is 2.07. The molecule has 1 rings (SSSR count). The van der Waals surface area contributed by atoms with Crippen LogP contribution in [-0.4, -0.2) is 35.7 Å². The van der Waals surface area contributed by atoms with Crippen molar-refractivity contribution in [3.8, 4) is 0 Å². The molecular formula is C15H22ClNO4. The second kappa shape index (κ2) is 10.2. The quantitative estimate of drug-likeness (QED) is 0.718. The van der Waals surface area contributed by atoms with Crippen LogP contribution in [0.2, 0.25) is 0 Å². The van der Waals surface area contributed by atoms with Gasteiger partial charge in [0.05, 0.1) is 6.61 Å². The molecule has 0 saturated carbocycles. The lowest BCUT2D eigenvalue weighted by Gasteiger charge is -2.19. The predicted octanol–water partition coefficient (Wildman–Crippen LogP) is 2.04. The summed E-state index contributed by atoms with van der Waals surface area (Å²) in [5.74, 6) is -1.39. The molecule has 21 heavy (non-hydrogen) atoms. The molecule has 5 nitrogen and oxygen atoms in total. The van der Waals surface area contributed by atoms with E-state index < -0.39 is 24.0 Å². The summed E-state index contributed by atoms with van der Waals surface area (Å²) < 4.78 is 4.98. The molecule has 0 aromatic heterocycles. The van der Waals surface area contributed by atoms with Gasteiger partial charge in [-0.3, -0.25) is 14.9 Å². The summed E-state index contributed by atoms with van der Waals surface area (Å²) in [7, 11) is 0. The molecule has 0 radical (unpaired) electrons. The van der Waals surface area contributed by atoms with Gasteiger partial charge in [0.25, 0.3) is 0 Å². The van der Waals surface area contributed by atoms with Crippen LogP contribution in [-0.2, 0) is 20.7 Å². The van der Waals surface area contributed by atoms with Crippen molar-refractivity contribution in [2.24, 2.45) is 0 Å². The van der Waals surface area contributed by atoms with E-state index in [1.165, 1.54) is 6.92 Å². The minimum atomic E-state index is -0.987. The highest BCUT2D eigenvalue weighted by molar-refractivity contribution is 5.85. The summed E-state index contributed by atoms with van der Waals surface area (Å²) in [6.45, 7) is 3.52. The van der Waals surface area contributed by atoms with E-state index >= 15 is 0 Å². The summed E-state index contributed by atoms with van der Waals surface area (Å²) in [5.41, 5.74) is 1.10. The number of carbonyl (C=O) groups excluding carboxylic acids is 1. The number of nitrogens with one attached hydrogen (secondary N) is 1. The maximum Gasteiger partial charge on any atom is 0.323 e. The fourth-order valence-electron chi connectivity index (χ4n) is 1.84. The second-order valence-corrected chi connectivity index (χ2v) is 4.56. The van der Waals surface area contributed by atoms with Crippen LogP contribution >= 0.6 is 12.4 Å². The van der Waals surface area contributed by atoms with E-state index in [1.54, 1.807) is 6.92 Å². The molecule has 0 amide bonds. The number of benzene rings is 1. The summed E-state index contributed by atoms with van der Waals surface area (Å²) in [4.78, 5) is 22.7. The van der Waals surface area contributed by atoms with Gasteiger partial charge < -0.3 is 9.84 Å². The third-order valence-electron chi connectivity index (χ3n) is 2.96. The first kappa shape index (κ1) is 19.4. The molecule has 6 heteroatoms. The van der Waals surface area contributed by atoms with Gasteiger partial charge in [0.2, 0.25) is 0 Å². The van der Waals surface area contributed by atoms with Crippen molar-refractivity contribution in [3.63, 3.8) is 0 Å². The lowest BCUT2D eigenvalue weighted by Crippen LogP contribution is -2.46. The van der Waals surface area contributed by atoms with Crippen LogP contribution in [0.1, 0.15) is 25.8 Å². The summed E-state index contributed by atoms with van der Waals surface area (Å²) >= 11 is 0. The van der Waals surface area contributed by atoms with E-state index in [2.05, 4.69) is 5.32 Å². The van der Waals surface area contributed by atoms with Crippen molar-refractivity contribution in [3.05, 3.63) is 35.9 Å². The number of rotatable bonds is 8. The molecule has 0 aliphatic carbocycles. The third-order valence-corrected chi connectivity index (χ3v) is 2.96. The molecule has 0 spiro atoms. The third kappa shape index (κ3) is 7.11. The molecule has 0 aliphatic heterocycles. The number of carbonyl (C=O) groups is 2. The first-order chi connectivity index (χ1) is 9.54. The van der Waals surface area contributed by atoms with E-state index in [1.807, 2.05) is 30.3 Å². The van der Waals surface area contributed by atoms with Crippen LogP contribution in [0.15, 0.2) is 30.3 Å². The largest absolute Gasteiger partial charge is 0.480 e. The number of esters is 1. The Morgan fingerprint density at radius 1 is 1.29 bits per heavy atom. The van der Waals surface area contributed by atoms with Gasteiger partial charge in [-0.2, -0.15) is 0 Å². The zero-order valence-electron chi connectivity index (χ0n) is 12.2. The van der Waals surface area contributed by atoms with Crippen molar-refractivity contribution in [2.75, 3.05) is 6.61 Å². The molecule has 2 atom stereocenters. The Balaban J connectivity index is 0.00000400.